The maximum absolute atomic E-state index is 11.3. The first-order valence-corrected chi connectivity index (χ1v) is 8.38. The number of pyridine rings is 1. The van der Waals surface area contributed by atoms with Crippen LogP contribution < -0.4 is 9.46 Å². The molecular weight excluding hydrogens is 288 g/mol. The fourth-order valence-electron chi connectivity index (χ4n) is 2.05. The van der Waals surface area contributed by atoms with Gasteiger partial charge in [-0.2, -0.15) is 0 Å². The summed E-state index contributed by atoms with van der Waals surface area (Å²) in [4.78, 5) is 4.33. The maximum Gasteiger partial charge on any atom is 0.208 e. The Morgan fingerprint density at radius 3 is 2.43 bits per heavy atom. The van der Waals surface area contributed by atoms with Crippen LogP contribution in [-0.4, -0.2) is 33.3 Å². The second-order valence-electron chi connectivity index (χ2n) is 4.70. The van der Waals surface area contributed by atoms with Crippen LogP contribution in [0, 0.1) is 0 Å². The minimum absolute atomic E-state index is 0.146. The second kappa shape index (κ2) is 6.69. The van der Waals surface area contributed by atoms with Gasteiger partial charge in [-0.15, -0.1) is 0 Å². The first-order chi connectivity index (χ1) is 9.99. The van der Waals surface area contributed by atoms with Crippen molar-refractivity contribution in [3.8, 4) is 5.75 Å². The molecule has 0 aliphatic heterocycles. The molecular formula is C15H18N2O3S. The summed E-state index contributed by atoms with van der Waals surface area (Å²) in [5, 5.41) is 0. The Kier molecular flexibility index (Phi) is 4.93. The Morgan fingerprint density at radius 2 is 1.90 bits per heavy atom. The molecule has 0 saturated carbocycles. The lowest BCUT2D eigenvalue weighted by molar-refractivity contribution is 0.414. The van der Waals surface area contributed by atoms with E-state index in [1.165, 1.54) is 0 Å². The average molecular weight is 306 g/mol. The zero-order valence-electron chi connectivity index (χ0n) is 12.0. The fourth-order valence-corrected chi connectivity index (χ4v) is 2.52. The van der Waals surface area contributed by atoms with Crippen LogP contribution in [-0.2, 0) is 10.0 Å². The van der Waals surface area contributed by atoms with Crippen molar-refractivity contribution >= 4 is 10.0 Å². The normalized spacial score (nSPS) is 12.9. The van der Waals surface area contributed by atoms with Crippen molar-refractivity contribution in [3.05, 3.63) is 59.9 Å². The van der Waals surface area contributed by atoms with Crippen LogP contribution in [0.3, 0.4) is 0 Å². The molecule has 1 heterocycles. The number of methoxy groups -OCH3 is 1. The quantitative estimate of drug-likeness (QED) is 0.883. The number of hydrogen-bond acceptors (Lipinski definition) is 4. The van der Waals surface area contributed by atoms with E-state index < -0.39 is 10.0 Å². The molecule has 0 fully saturated rings. The highest BCUT2D eigenvalue weighted by atomic mass is 32.2. The van der Waals surface area contributed by atoms with E-state index in [1.807, 2.05) is 42.5 Å². The molecule has 5 nitrogen and oxygen atoms in total. The highest BCUT2D eigenvalue weighted by molar-refractivity contribution is 7.88. The molecule has 0 spiro atoms. The number of sulfonamides is 1. The van der Waals surface area contributed by atoms with E-state index in [9.17, 15) is 8.42 Å². The van der Waals surface area contributed by atoms with Gasteiger partial charge in [-0.25, -0.2) is 13.1 Å². The van der Waals surface area contributed by atoms with E-state index >= 15 is 0 Å². The molecule has 2 rings (SSSR count). The van der Waals surface area contributed by atoms with Crippen LogP contribution >= 0.6 is 0 Å². The molecule has 0 amide bonds. The second-order valence-corrected chi connectivity index (χ2v) is 6.53. The van der Waals surface area contributed by atoms with Crippen molar-refractivity contribution < 1.29 is 13.2 Å². The van der Waals surface area contributed by atoms with E-state index in [4.69, 9.17) is 4.74 Å². The molecule has 1 N–H and O–H groups in total. The van der Waals surface area contributed by atoms with Crippen molar-refractivity contribution in [2.75, 3.05) is 19.9 Å². The summed E-state index contributed by atoms with van der Waals surface area (Å²) < 4.78 is 30.4. The van der Waals surface area contributed by atoms with Gasteiger partial charge in [-0.05, 0) is 29.8 Å². The van der Waals surface area contributed by atoms with E-state index in [1.54, 1.807) is 13.3 Å². The monoisotopic (exact) mass is 306 g/mol. The van der Waals surface area contributed by atoms with Crippen molar-refractivity contribution in [2.45, 2.75) is 5.92 Å². The Bertz CT molecular complexity index is 670. The molecule has 1 unspecified atom stereocenters. The minimum Gasteiger partial charge on any atom is -0.497 e. The molecule has 0 radical (unpaired) electrons. The van der Waals surface area contributed by atoms with Crippen molar-refractivity contribution in [1.82, 2.24) is 9.71 Å². The lowest BCUT2D eigenvalue weighted by atomic mass is 9.95. The SMILES string of the molecule is COc1ccc(C(CNS(C)(=O)=O)c2ccccn2)cc1. The zero-order chi connectivity index (χ0) is 15.3. The zero-order valence-corrected chi connectivity index (χ0v) is 12.8. The molecule has 112 valence electrons. The van der Waals surface area contributed by atoms with Crippen LogP contribution in [0.4, 0.5) is 0 Å². The van der Waals surface area contributed by atoms with Crippen LogP contribution in [0.25, 0.3) is 0 Å². The summed E-state index contributed by atoms with van der Waals surface area (Å²) in [6, 6.07) is 13.2. The molecule has 1 atom stereocenters. The first kappa shape index (κ1) is 15.5. The smallest absolute Gasteiger partial charge is 0.208 e. The molecule has 21 heavy (non-hydrogen) atoms. The van der Waals surface area contributed by atoms with Crippen LogP contribution in [0.2, 0.25) is 0 Å². The number of benzene rings is 1. The van der Waals surface area contributed by atoms with E-state index in [0.717, 1.165) is 23.3 Å². The van der Waals surface area contributed by atoms with Crippen LogP contribution in [0.15, 0.2) is 48.7 Å². The van der Waals surface area contributed by atoms with Crippen LogP contribution in [0.5, 0.6) is 5.75 Å². The van der Waals surface area contributed by atoms with Gasteiger partial charge in [0.15, 0.2) is 0 Å². The highest BCUT2D eigenvalue weighted by Gasteiger charge is 2.17. The van der Waals surface area contributed by atoms with Gasteiger partial charge in [-0.3, -0.25) is 4.98 Å². The minimum atomic E-state index is -3.25. The lowest BCUT2D eigenvalue weighted by Crippen LogP contribution is -2.28. The van der Waals surface area contributed by atoms with Gasteiger partial charge in [0.25, 0.3) is 0 Å². The predicted molar refractivity (Wildman–Crippen MR) is 81.9 cm³/mol. The number of hydrogen-bond donors (Lipinski definition) is 1. The Balaban J connectivity index is 2.30. The standard InChI is InChI=1S/C15H18N2O3S/c1-20-13-8-6-12(7-9-13)14(11-17-21(2,18)19)15-5-3-4-10-16-15/h3-10,14,17H,11H2,1-2H3. The highest BCUT2D eigenvalue weighted by Crippen LogP contribution is 2.24. The Hall–Kier alpha value is -1.92. The third-order valence-electron chi connectivity index (χ3n) is 3.11. The summed E-state index contributed by atoms with van der Waals surface area (Å²) >= 11 is 0. The number of nitrogens with one attached hydrogen (secondary N) is 1. The molecule has 1 aromatic heterocycles. The summed E-state index contributed by atoms with van der Waals surface area (Å²) in [5.74, 6) is 0.612. The molecule has 2 aromatic rings. The average Bonchev–Trinajstić information content (AvgIpc) is 2.48. The molecule has 1 aromatic carbocycles. The van der Waals surface area contributed by atoms with E-state index in [0.29, 0.717) is 0 Å². The van der Waals surface area contributed by atoms with Gasteiger partial charge in [0.05, 0.1) is 13.4 Å². The number of ether oxygens (including phenoxy) is 1. The molecule has 6 heteroatoms. The van der Waals surface area contributed by atoms with E-state index in [2.05, 4.69) is 9.71 Å². The van der Waals surface area contributed by atoms with Gasteiger partial charge in [-0.1, -0.05) is 18.2 Å². The van der Waals surface area contributed by atoms with Gasteiger partial charge in [0.1, 0.15) is 5.75 Å². The molecule has 0 aliphatic rings. The lowest BCUT2D eigenvalue weighted by Gasteiger charge is -2.17. The maximum atomic E-state index is 11.3. The first-order valence-electron chi connectivity index (χ1n) is 6.49. The van der Waals surface area contributed by atoms with Crippen molar-refractivity contribution in [2.24, 2.45) is 0 Å². The third kappa shape index (κ3) is 4.54. The molecule has 0 bridgehead atoms. The number of aromatic nitrogens is 1. The van der Waals surface area contributed by atoms with Gasteiger partial charge < -0.3 is 4.74 Å². The topological polar surface area (TPSA) is 68.3 Å². The summed E-state index contributed by atoms with van der Waals surface area (Å²) in [5.41, 5.74) is 1.80. The fraction of sp³-hybridized carbons (Fsp3) is 0.267. The van der Waals surface area contributed by atoms with Gasteiger partial charge >= 0.3 is 0 Å². The molecule has 0 saturated heterocycles. The summed E-state index contributed by atoms with van der Waals surface area (Å²) in [6.07, 6.45) is 2.85. The largest absolute Gasteiger partial charge is 0.497 e. The Morgan fingerprint density at radius 1 is 1.19 bits per heavy atom. The van der Waals surface area contributed by atoms with Gasteiger partial charge in [0, 0.05) is 24.4 Å². The summed E-state index contributed by atoms with van der Waals surface area (Å²) in [6.45, 7) is 0.266. The van der Waals surface area contributed by atoms with Crippen LogP contribution in [0.1, 0.15) is 17.2 Å². The Labute approximate surface area is 125 Å². The van der Waals surface area contributed by atoms with Crippen molar-refractivity contribution in [3.63, 3.8) is 0 Å². The summed E-state index contributed by atoms with van der Waals surface area (Å²) in [7, 11) is -1.64. The predicted octanol–water partition coefficient (Wildman–Crippen LogP) is 1.77. The van der Waals surface area contributed by atoms with Gasteiger partial charge in [0.2, 0.25) is 10.0 Å². The number of nitrogens with zero attached hydrogens (tertiary/aromatic N) is 1. The third-order valence-corrected chi connectivity index (χ3v) is 3.80. The molecule has 0 aliphatic carbocycles. The van der Waals surface area contributed by atoms with Crippen molar-refractivity contribution in [1.29, 1.82) is 0 Å². The van der Waals surface area contributed by atoms with E-state index in [-0.39, 0.29) is 12.5 Å². The number of rotatable bonds is 6.